The first-order chi connectivity index (χ1) is 8.11. The Morgan fingerprint density at radius 1 is 1.33 bits per heavy atom. The summed E-state index contributed by atoms with van der Waals surface area (Å²) in [4.78, 5) is 21.9. The zero-order valence-electron chi connectivity index (χ0n) is 11.4. The zero-order valence-corrected chi connectivity index (χ0v) is 11.4. The third-order valence-electron chi connectivity index (χ3n) is 2.20. The molecule has 0 heterocycles. The molecular weight excluding hydrogens is 238 g/mol. The van der Waals surface area contributed by atoms with E-state index in [9.17, 15) is 9.59 Å². The molecule has 106 valence electrons. The van der Waals surface area contributed by atoms with Crippen LogP contribution in [0.2, 0.25) is 0 Å². The number of aliphatic carboxylic acids is 1. The highest BCUT2D eigenvalue weighted by Crippen LogP contribution is 2.09. The average molecular weight is 261 g/mol. The third kappa shape index (κ3) is 8.95. The van der Waals surface area contributed by atoms with E-state index in [1.165, 1.54) is 6.92 Å². The number of carboxylic acid groups (broad SMARTS) is 1. The highest BCUT2D eigenvalue weighted by molar-refractivity contribution is 5.78. The van der Waals surface area contributed by atoms with Gasteiger partial charge in [-0.25, -0.2) is 0 Å². The fraction of sp³-hybridized carbons (Fsp3) is 0.833. The van der Waals surface area contributed by atoms with Crippen molar-refractivity contribution in [1.29, 1.82) is 0 Å². The topological polar surface area (TPSA) is 98.9 Å². The van der Waals surface area contributed by atoms with Crippen molar-refractivity contribution in [2.24, 2.45) is 11.7 Å². The van der Waals surface area contributed by atoms with E-state index in [1.807, 2.05) is 0 Å². The van der Waals surface area contributed by atoms with Crippen LogP contribution in [0.4, 0.5) is 0 Å². The molecule has 0 saturated carbocycles. The first-order valence-corrected chi connectivity index (χ1v) is 5.97. The van der Waals surface area contributed by atoms with E-state index in [0.29, 0.717) is 13.0 Å². The van der Waals surface area contributed by atoms with Gasteiger partial charge in [-0.05, 0) is 20.8 Å². The Balaban J connectivity index is 3.90. The van der Waals surface area contributed by atoms with Crippen molar-refractivity contribution in [2.75, 3.05) is 6.61 Å². The summed E-state index contributed by atoms with van der Waals surface area (Å²) in [6.07, 6.45) is -0.0274. The average Bonchev–Trinajstić information content (AvgIpc) is 2.13. The van der Waals surface area contributed by atoms with Crippen molar-refractivity contribution in [3.8, 4) is 0 Å². The molecule has 18 heavy (non-hydrogen) atoms. The number of nitrogens with two attached hydrogens (primary N) is 1. The van der Waals surface area contributed by atoms with Gasteiger partial charge in [-0.1, -0.05) is 6.92 Å². The van der Waals surface area contributed by atoms with Crippen molar-refractivity contribution in [3.63, 3.8) is 0 Å². The molecule has 0 aromatic heterocycles. The molecule has 0 aliphatic rings. The zero-order chi connectivity index (χ0) is 14.3. The summed E-state index contributed by atoms with van der Waals surface area (Å²) in [7, 11) is 0. The fourth-order valence-electron chi connectivity index (χ4n) is 1.21. The van der Waals surface area contributed by atoms with Crippen LogP contribution in [-0.2, 0) is 19.1 Å². The summed E-state index contributed by atoms with van der Waals surface area (Å²) in [5.74, 6) is -2.16. The molecular formula is C12H23NO5. The normalized spacial score (nSPS) is 14.9. The van der Waals surface area contributed by atoms with Gasteiger partial charge in [-0.15, -0.1) is 0 Å². The van der Waals surface area contributed by atoms with Gasteiger partial charge in [-0.2, -0.15) is 0 Å². The van der Waals surface area contributed by atoms with Gasteiger partial charge in [0.15, 0.2) is 0 Å². The van der Waals surface area contributed by atoms with E-state index >= 15 is 0 Å². The van der Waals surface area contributed by atoms with Gasteiger partial charge in [0, 0.05) is 6.42 Å². The smallest absolute Gasteiger partial charge is 0.309 e. The number of hydrogen-bond donors (Lipinski definition) is 2. The lowest BCUT2D eigenvalue weighted by atomic mass is 10.1. The van der Waals surface area contributed by atoms with E-state index < -0.39 is 23.6 Å². The first kappa shape index (κ1) is 16.9. The van der Waals surface area contributed by atoms with Crippen molar-refractivity contribution >= 4 is 11.9 Å². The van der Waals surface area contributed by atoms with Crippen LogP contribution in [0.3, 0.4) is 0 Å². The molecule has 0 aliphatic carbocycles. The summed E-state index contributed by atoms with van der Waals surface area (Å²) < 4.78 is 10.4. The van der Waals surface area contributed by atoms with Crippen LogP contribution in [0.15, 0.2) is 0 Å². The van der Waals surface area contributed by atoms with Crippen molar-refractivity contribution in [3.05, 3.63) is 0 Å². The second-order valence-electron chi connectivity index (χ2n) is 4.99. The van der Waals surface area contributed by atoms with Crippen molar-refractivity contribution < 1.29 is 24.2 Å². The van der Waals surface area contributed by atoms with Gasteiger partial charge in [0.25, 0.3) is 0 Å². The number of carboxylic acids is 1. The van der Waals surface area contributed by atoms with Crippen LogP contribution in [0.5, 0.6) is 0 Å². The van der Waals surface area contributed by atoms with E-state index in [-0.39, 0.29) is 12.5 Å². The second-order valence-corrected chi connectivity index (χ2v) is 4.99. The van der Waals surface area contributed by atoms with Crippen LogP contribution in [0, 0.1) is 5.92 Å². The SMILES string of the molecule is CC(CCOC(C)(C)N)OC(=O)C(C)CC(=O)O. The molecule has 0 radical (unpaired) electrons. The van der Waals surface area contributed by atoms with Gasteiger partial charge < -0.3 is 20.3 Å². The van der Waals surface area contributed by atoms with Crippen molar-refractivity contribution in [2.45, 2.75) is 52.4 Å². The lowest BCUT2D eigenvalue weighted by Crippen LogP contribution is -2.36. The van der Waals surface area contributed by atoms with Gasteiger partial charge in [0.2, 0.25) is 0 Å². The molecule has 0 aromatic carbocycles. The number of carbonyl (C=O) groups excluding carboxylic acids is 1. The first-order valence-electron chi connectivity index (χ1n) is 5.97. The van der Waals surface area contributed by atoms with Gasteiger partial charge in [0.1, 0.15) is 11.8 Å². The van der Waals surface area contributed by atoms with Crippen LogP contribution in [0.25, 0.3) is 0 Å². The maximum atomic E-state index is 11.5. The number of hydrogen-bond acceptors (Lipinski definition) is 5. The van der Waals surface area contributed by atoms with Crippen LogP contribution in [-0.4, -0.2) is 35.5 Å². The fourth-order valence-corrected chi connectivity index (χ4v) is 1.21. The molecule has 2 unspecified atom stereocenters. The Morgan fingerprint density at radius 2 is 1.89 bits per heavy atom. The monoisotopic (exact) mass is 261 g/mol. The van der Waals surface area contributed by atoms with E-state index in [4.69, 9.17) is 20.3 Å². The molecule has 0 aliphatic heterocycles. The van der Waals surface area contributed by atoms with E-state index in [1.54, 1.807) is 20.8 Å². The summed E-state index contributed by atoms with van der Waals surface area (Å²) in [5, 5.41) is 8.56. The summed E-state index contributed by atoms with van der Waals surface area (Å²) in [5.41, 5.74) is 4.92. The lowest BCUT2D eigenvalue weighted by molar-refractivity contribution is -0.157. The quantitative estimate of drug-likeness (QED) is 0.502. The Bertz CT molecular complexity index is 285. The van der Waals surface area contributed by atoms with Crippen LogP contribution >= 0.6 is 0 Å². The van der Waals surface area contributed by atoms with Gasteiger partial charge >= 0.3 is 11.9 Å². The number of rotatable bonds is 8. The minimum atomic E-state index is -1.01. The Labute approximate surface area is 107 Å². The molecule has 0 spiro atoms. The molecule has 0 aromatic rings. The molecule has 0 saturated heterocycles. The molecule has 6 heteroatoms. The van der Waals surface area contributed by atoms with Gasteiger partial charge in [0.05, 0.1) is 18.9 Å². The molecule has 0 bridgehead atoms. The summed E-state index contributed by atoms with van der Waals surface area (Å²) in [6.45, 7) is 7.11. The summed E-state index contributed by atoms with van der Waals surface area (Å²) in [6, 6.07) is 0. The highest BCUT2D eigenvalue weighted by Gasteiger charge is 2.20. The molecule has 6 nitrogen and oxygen atoms in total. The Hall–Kier alpha value is -1.14. The number of esters is 1. The predicted molar refractivity (Wildman–Crippen MR) is 65.8 cm³/mol. The van der Waals surface area contributed by atoms with Crippen LogP contribution < -0.4 is 5.73 Å². The lowest BCUT2D eigenvalue weighted by Gasteiger charge is -2.21. The van der Waals surface area contributed by atoms with Crippen LogP contribution in [0.1, 0.15) is 40.5 Å². The maximum absolute atomic E-state index is 11.5. The number of carbonyl (C=O) groups is 2. The maximum Gasteiger partial charge on any atom is 0.309 e. The number of ether oxygens (including phenoxy) is 2. The second kappa shape index (κ2) is 7.33. The molecule has 2 atom stereocenters. The minimum absolute atomic E-state index is 0.224. The largest absolute Gasteiger partial charge is 0.481 e. The molecule has 0 fully saturated rings. The molecule has 3 N–H and O–H groups in total. The van der Waals surface area contributed by atoms with Gasteiger partial charge in [-0.3, -0.25) is 9.59 Å². The Kier molecular flexibility index (Phi) is 6.86. The van der Waals surface area contributed by atoms with E-state index in [0.717, 1.165) is 0 Å². The third-order valence-corrected chi connectivity index (χ3v) is 2.20. The Morgan fingerprint density at radius 3 is 2.33 bits per heavy atom. The highest BCUT2D eigenvalue weighted by atomic mass is 16.5. The molecule has 0 rings (SSSR count). The summed E-state index contributed by atoms with van der Waals surface area (Å²) >= 11 is 0. The van der Waals surface area contributed by atoms with E-state index in [2.05, 4.69) is 0 Å². The molecule has 0 amide bonds. The minimum Gasteiger partial charge on any atom is -0.481 e. The predicted octanol–water partition coefficient (Wildman–Crippen LogP) is 1.13. The standard InChI is InChI=1S/C12H23NO5/c1-8(7-10(14)15)11(16)18-9(2)5-6-17-12(3,4)13/h8-9H,5-7,13H2,1-4H3,(H,14,15). The van der Waals surface area contributed by atoms with Crippen molar-refractivity contribution in [1.82, 2.24) is 0 Å².